The molecule has 4 rings (SSSR count). The second kappa shape index (κ2) is 6.93. The minimum Gasteiger partial charge on any atom is -0.467 e. The van der Waals surface area contributed by atoms with Crippen LogP contribution in [0.1, 0.15) is 47.8 Å². The van der Waals surface area contributed by atoms with E-state index >= 15 is 0 Å². The van der Waals surface area contributed by atoms with E-state index in [4.69, 9.17) is 4.42 Å². The maximum absolute atomic E-state index is 13.2. The van der Waals surface area contributed by atoms with E-state index < -0.39 is 0 Å². The molecular weight excluding hydrogens is 316 g/mol. The molecule has 1 saturated heterocycles. The Morgan fingerprint density at radius 1 is 1.16 bits per heavy atom. The molecule has 0 radical (unpaired) electrons. The van der Waals surface area contributed by atoms with E-state index in [1.807, 2.05) is 41.3 Å². The van der Waals surface area contributed by atoms with Crippen LogP contribution in [0.2, 0.25) is 0 Å². The van der Waals surface area contributed by atoms with Crippen molar-refractivity contribution < 1.29 is 9.21 Å². The molecule has 25 heavy (non-hydrogen) atoms. The average molecular weight is 336 g/mol. The van der Waals surface area contributed by atoms with Gasteiger partial charge in [-0.25, -0.2) is 9.67 Å². The van der Waals surface area contributed by atoms with Crippen molar-refractivity contribution in [1.82, 2.24) is 19.7 Å². The zero-order valence-corrected chi connectivity index (χ0v) is 13.9. The van der Waals surface area contributed by atoms with Gasteiger partial charge in [0.2, 0.25) is 0 Å². The van der Waals surface area contributed by atoms with Gasteiger partial charge >= 0.3 is 0 Å². The fourth-order valence-electron chi connectivity index (χ4n) is 3.42. The first kappa shape index (κ1) is 15.6. The molecule has 0 saturated carbocycles. The number of nitrogens with zero attached hydrogens (tertiary/aromatic N) is 4. The Kier molecular flexibility index (Phi) is 4.33. The number of aromatic nitrogens is 3. The molecule has 6 nitrogen and oxygen atoms in total. The van der Waals surface area contributed by atoms with Gasteiger partial charge in [0.25, 0.3) is 5.91 Å². The van der Waals surface area contributed by atoms with E-state index in [2.05, 4.69) is 10.1 Å². The molecule has 2 aromatic heterocycles. The lowest BCUT2D eigenvalue weighted by Gasteiger charge is -2.29. The third kappa shape index (κ3) is 3.20. The van der Waals surface area contributed by atoms with Gasteiger partial charge < -0.3 is 9.32 Å². The summed E-state index contributed by atoms with van der Waals surface area (Å²) >= 11 is 0. The first-order valence-electron chi connectivity index (χ1n) is 8.62. The van der Waals surface area contributed by atoms with Crippen LogP contribution in [0.25, 0.3) is 5.69 Å². The van der Waals surface area contributed by atoms with Crippen molar-refractivity contribution in [3.63, 3.8) is 0 Å². The zero-order chi connectivity index (χ0) is 17.1. The summed E-state index contributed by atoms with van der Waals surface area (Å²) in [6, 6.07) is 11.4. The maximum Gasteiger partial charge on any atom is 0.254 e. The normalized spacial score (nSPS) is 18.1. The molecule has 1 aromatic carbocycles. The zero-order valence-electron chi connectivity index (χ0n) is 13.9. The third-order valence-electron chi connectivity index (χ3n) is 4.66. The minimum absolute atomic E-state index is 0.0000242. The number of benzene rings is 1. The number of furan rings is 1. The molecule has 0 bridgehead atoms. The summed E-state index contributed by atoms with van der Waals surface area (Å²) in [5.74, 6) is 0.896. The van der Waals surface area contributed by atoms with Crippen LogP contribution in [0.4, 0.5) is 0 Å². The van der Waals surface area contributed by atoms with Crippen LogP contribution in [0.3, 0.4) is 0 Å². The van der Waals surface area contributed by atoms with Crippen molar-refractivity contribution in [2.45, 2.75) is 31.7 Å². The first-order valence-corrected chi connectivity index (χ1v) is 8.62. The van der Waals surface area contributed by atoms with Gasteiger partial charge in [0.1, 0.15) is 18.4 Å². The Morgan fingerprint density at radius 3 is 2.92 bits per heavy atom. The molecule has 0 unspecified atom stereocenters. The van der Waals surface area contributed by atoms with Crippen molar-refractivity contribution >= 4 is 5.91 Å². The molecule has 1 fully saturated rings. The number of carbonyl (C=O) groups excluding carboxylic acids is 1. The van der Waals surface area contributed by atoms with Gasteiger partial charge in [-0.2, -0.15) is 5.10 Å². The van der Waals surface area contributed by atoms with E-state index in [0.717, 1.165) is 43.7 Å². The molecule has 3 aromatic rings. The fourth-order valence-corrected chi connectivity index (χ4v) is 3.42. The fraction of sp³-hybridized carbons (Fsp3) is 0.316. The van der Waals surface area contributed by atoms with Crippen molar-refractivity contribution in [2.75, 3.05) is 6.54 Å². The molecule has 0 spiro atoms. The maximum atomic E-state index is 13.2. The topological polar surface area (TPSA) is 64.2 Å². The highest BCUT2D eigenvalue weighted by Gasteiger charge is 2.29. The second-order valence-corrected chi connectivity index (χ2v) is 6.27. The van der Waals surface area contributed by atoms with Crippen LogP contribution in [-0.4, -0.2) is 32.1 Å². The van der Waals surface area contributed by atoms with Gasteiger partial charge in [0.15, 0.2) is 0 Å². The van der Waals surface area contributed by atoms with Crippen molar-refractivity contribution in [3.8, 4) is 5.69 Å². The van der Waals surface area contributed by atoms with Crippen molar-refractivity contribution in [1.29, 1.82) is 0 Å². The lowest BCUT2D eigenvalue weighted by molar-refractivity contribution is 0.0658. The molecule has 0 N–H and O–H groups in total. The summed E-state index contributed by atoms with van der Waals surface area (Å²) in [4.78, 5) is 19.1. The quantitative estimate of drug-likeness (QED) is 0.733. The molecule has 1 atom stereocenters. The number of carbonyl (C=O) groups is 1. The van der Waals surface area contributed by atoms with Crippen molar-refractivity contribution in [2.24, 2.45) is 0 Å². The van der Waals surface area contributed by atoms with Crippen LogP contribution in [0.15, 0.2) is 59.7 Å². The molecular formula is C19H20N4O2. The smallest absolute Gasteiger partial charge is 0.254 e. The van der Waals surface area contributed by atoms with Gasteiger partial charge in [-0.3, -0.25) is 4.79 Å². The molecule has 3 heterocycles. The summed E-state index contributed by atoms with van der Waals surface area (Å²) < 4.78 is 7.27. The molecule has 1 aliphatic heterocycles. The molecule has 0 aliphatic carbocycles. The largest absolute Gasteiger partial charge is 0.467 e. The highest BCUT2D eigenvalue weighted by atomic mass is 16.3. The second-order valence-electron chi connectivity index (χ2n) is 6.27. The van der Waals surface area contributed by atoms with Crippen LogP contribution < -0.4 is 0 Å². The summed E-state index contributed by atoms with van der Waals surface area (Å²) in [7, 11) is 0. The predicted octanol–water partition coefficient (Wildman–Crippen LogP) is 3.62. The van der Waals surface area contributed by atoms with E-state index in [-0.39, 0.29) is 11.9 Å². The molecule has 128 valence electrons. The Labute approximate surface area is 146 Å². The lowest BCUT2D eigenvalue weighted by Crippen LogP contribution is -2.34. The summed E-state index contributed by atoms with van der Waals surface area (Å²) in [5, 5.41) is 4.14. The summed E-state index contributed by atoms with van der Waals surface area (Å²) in [6.45, 7) is 0.748. The molecule has 1 aliphatic rings. The van der Waals surface area contributed by atoms with E-state index in [9.17, 15) is 4.79 Å². The average Bonchev–Trinajstić information content (AvgIpc) is 3.32. The summed E-state index contributed by atoms with van der Waals surface area (Å²) in [6.07, 6.45) is 8.98. The number of hydrogen-bond acceptors (Lipinski definition) is 4. The highest BCUT2D eigenvalue weighted by Crippen LogP contribution is 2.31. The van der Waals surface area contributed by atoms with Gasteiger partial charge in [0.05, 0.1) is 18.0 Å². The number of likely N-dealkylation sites (tertiary alicyclic amines) is 1. The summed E-state index contributed by atoms with van der Waals surface area (Å²) in [5.41, 5.74) is 1.49. The van der Waals surface area contributed by atoms with Crippen LogP contribution in [-0.2, 0) is 0 Å². The van der Waals surface area contributed by atoms with Gasteiger partial charge in [-0.15, -0.1) is 0 Å². The van der Waals surface area contributed by atoms with E-state index in [1.54, 1.807) is 17.3 Å². The highest BCUT2D eigenvalue weighted by molar-refractivity contribution is 5.95. The standard InChI is InChI=1S/C19H20N4O2/c24-19(15-6-4-7-16(12-15)23-14-20-13-21-23)22-10-3-1-2-8-17(22)18-9-5-11-25-18/h4-7,9,11-14,17H,1-3,8,10H2/t17-/m1/s1. The minimum atomic E-state index is 0.0000242. The Balaban J connectivity index is 1.65. The van der Waals surface area contributed by atoms with Crippen LogP contribution >= 0.6 is 0 Å². The number of amides is 1. The van der Waals surface area contributed by atoms with Crippen molar-refractivity contribution in [3.05, 3.63) is 66.6 Å². The van der Waals surface area contributed by atoms with E-state index in [1.165, 1.54) is 6.33 Å². The van der Waals surface area contributed by atoms with Crippen LogP contribution in [0.5, 0.6) is 0 Å². The number of hydrogen-bond donors (Lipinski definition) is 0. The number of rotatable bonds is 3. The van der Waals surface area contributed by atoms with E-state index in [0.29, 0.717) is 5.56 Å². The Bertz CT molecular complexity index is 827. The Morgan fingerprint density at radius 2 is 2.12 bits per heavy atom. The monoisotopic (exact) mass is 336 g/mol. The Hall–Kier alpha value is -2.89. The predicted molar refractivity (Wildman–Crippen MR) is 92.3 cm³/mol. The molecule has 6 heteroatoms. The van der Waals surface area contributed by atoms with Gasteiger partial charge in [-0.05, 0) is 43.2 Å². The van der Waals surface area contributed by atoms with Crippen LogP contribution in [0, 0.1) is 0 Å². The van der Waals surface area contributed by atoms with Gasteiger partial charge in [0, 0.05) is 12.1 Å². The first-order chi connectivity index (χ1) is 12.3. The third-order valence-corrected chi connectivity index (χ3v) is 4.66. The van der Waals surface area contributed by atoms with Gasteiger partial charge in [-0.1, -0.05) is 18.9 Å². The molecule has 1 amide bonds. The lowest BCUT2D eigenvalue weighted by atomic mass is 10.1. The SMILES string of the molecule is O=C(c1cccc(-n2cncn2)c1)N1CCCCC[C@@H]1c1ccco1.